The van der Waals surface area contributed by atoms with Crippen molar-refractivity contribution in [3.63, 3.8) is 0 Å². The van der Waals surface area contributed by atoms with Crippen molar-refractivity contribution in [1.29, 1.82) is 0 Å². The van der Waals surface area contributed by atoms with Gasteiger partial charge < -0.3 is 10.1 Å². The first-order chi connectivity index (χ1) is 7.00. The zero-order chi connectivity index (χ0) is 11.5. The van der Waals surface area contributed by atoms with Gasteiger partial charge in [0, 0.05) is 13.2 Å². The predicted octanol–water partition coefficient (Wildman–Crippen LogP) is 0.577. The van der Waals surface area contributed by atoms with Crippen LogP contribution in [0.2, 0.25) is 0 Å². The molecule has 1 N–H and O–H groups in total. The minimum absolute atomic E-state index is 0.154. The largest absolute Gasteiger partial charge is 0.377 e. The number of nitrogens with one attached hydrogen (secondary N) is 1. The molecule has 3 unspecified atom stereocenters. The molecule has 4 nitrogen and oxygen atoms in total. The van der Waals surface area contributed by atoms with Crippen molar-refractivity contribution in [1.82, 2.24) is 5.32 Å². The summed E-state index contributed by atoms with van der Waals surface area (Å²) in [5.74, 6) is 0. The summed E-state index contributed by atoms with van der Waals surface area (Å²) >= 11 is 0. The molecule has 15 heavy (non-hydrogen) atoms. The lowest BCUT2D eigenvalue weighted by Crippen LogP contribution is -2.40. The monoisotopic (exact) mass is 235 g/mol. The van der Waals surface area contributed by atoms with E-state index in [2.05, 4.69) is 5.32 Å². The number of hydrogen-bond donors (Lipinski definition) is 1. The van der Waals surface area contributed by atoms with Crippen molar-refractivity contribution in [3.05, 3.63) is 0 Å². The fourth-order valence-corrected chi connectivity index (χ4v) is 3.89. The van der Waals surface area contributed by atoms with Gasteiger partial charge in [0.1, 0.15) is 0 Å². The van der Waals surface area contributed by atoms with E-state index in [0.717, 1.165) is 6.54 Å². The van der Waals surface area contributed by atoms with Gasteiger partial charge in [0.25, 0.3) is 0 Å². The Morgan fingerprint density at radius 3 is 2.67 bits per heavy atom. The van der Waals surface area contributed by atoms with Crippen LogP contribution in [0.15, 0.2) is 0 Å². The average Bonchev–Trinajstić information content (AvgIpc) is 2.61. The highest BCUT2D eigenvalue weighted by Gasteiger charge is 2.38. The lowest BCUT2D eigenvalue weighted by atomic mass is 10.3. The van der Waals surface area contributed by atoms with Crippen molar-refractivity contribution in [3.8, 4) is 0 Å². The van der Waals surface area contributed by atoms with Crippen LogP contribution in [0, 0.1) is 0 Å². The van der Waals surface area contributed by atoms with Crippen LogP contribution in [0.1, 0.15) is 27.2 Å². The fraction of sp³-hybridized carbons (Fsp3) is 1.00. The van der Waals surface area contributed by atoms with Crippen LogP contribution in [-0.2, 0) is 14.6 Å². The molecule has 0 amide bonds. The summed E-state index contributed by atoms with van der Waals surface area (Å²) in [5.41, 5.74) is 0. The van der Waals surface area contributed by atoms with E-state index in [9.17, 15) is 8.42 Å². The highest BCUT2D eigenvalue weighted by molar-refractivity contribution is 7.92. The second kappa shape index (κ2) is 5.27. The smallest absolute Gasteiger partial charge is 0.159 e. The van der Waals surface area contributed by atoms with E-state index in [1.165, 1.54) is 0 Å². The molecule has 1 heterocycles. The molecule has 1 aliphatic rings. The highest BCUT2D eigenvalue weighted by Crippen LogP contribution is 2.23. The molecule has 0 aromatic carbocycles. The van der Waals surface area contributed by atoms with Crippen molar-refractivity contribution in [2.75, 3.05) is 19.7 Å². The van der Waals surface area contributed by atoms with E-state index in [1.54, 1.807) is 6.92 Å². The SMILES string of the molecule is CCNCC(C)S(=O)(=O)C1CCOC1C. The Hall–Kier alpha value is -0.130. The maximum atomic E-state index is 12.1. The lowest BCUT2D eigenvalue weighted by molar-refractivity contribution is 0.126. The number of ether oxygens (including phenoxy) is 1. The van der Waals surface area contributed by atoms with Gasteiger partial charge in [-0.15, -0.1) is 0 Å². The first-order valence-corrected chi connectivity index (χ1v) is 7.16. The third-order valence-electron chi connectivity index (χ3n) is 2.97. The van der Waals surface area contributed by atoms with Crippen LogP contribution >= 0.6 is 0 Å². The van der Waals surface area contributed by atoms with Gasteiger partial charge in [-0.05, 0) is 26.8 Å². The van der Waals surface area contributed by atoms with E-state index >= 15 is 0 Å². The van der Waals surface area contributed by atoms with Gasteiger partial charge in [-0.3, -0.25) is 0 Å². The summed E-state index contributed by atoms with van der Waals surface area (Å²) in [5, 5.41) is 2.43. The van der Waals surface area contributed by atoms with Gasteiger partial charge >= 0.3 is 0 Å². The molecule has 0 aliphatic carbocycles. The molecule has 1 aliphatic heterocycles. The molecular weight excluding hydrogens is 214 g/mol. The summed E-state index contributed by atoms with van der Waals surface area (Å²) in [7, 11) is -3.05. The zero-order valence-corrected chi connectivity index (χ0v) is 10.5. The Morgan fingerprint density at radius 1 is 1.53 bits per heavy atom. The van der Waals surface area contributed by atoms with Crippen LogP contribution < -0.4 is 5.32 Å². The quantitative estimate of drug-likeness (QED) is 0.757. The standard InChI is InChI=1S/C10H21NO3S/c1-4-11-7-8(2)15(12,13)10-5-6-14-9(10)3/h8-11H,4-7H2,1-3H3. The van der Waals surface area contributed by atoms with E-state index in [-0.39, 0.29) is 16.6 Å². The zero-order valence-electron chi connectivity index (χ0n) is 9.69. The van der Waals surface area contributed by atoms with Gasteiger partial charge in [-0.25, -0.2) is 8.42 Å². The Bertz CT molecular complexity index is 289. The molecule has 1 saturated heterocycles. The molecule has 0 bridgehead atoms. The van der Waals surface area contributed by atoms with Crippen LogP contribution in [-0.4, -0.2) is 44.7 Å². The average molecular weight is 235 g/mol. The summed E-state index contributed by atoms with van der Waals surface area (Å²) < 4.78 is 29.6. The molecule has 0 spiro atoms. The number of sulfone groups is 1. The molecule has 0 aromatic rings. The Balaban J connectivity index is 2.64. The van der Waals surface area contributed by atoms with Crippen molar-refractivity contribution < 1.29 is 13.2 Å². The molecule has 1 rings (SSSR count). The van der Waals surface area contributed by atoms with Crippen LogP contribution in [0.25, 0.3) is 0 Å². The molecular formula is C10H21NO3S. The van der Waals surface area contributed by atoms with E-state index in [4.69, 9.17) is 4.74 Å². The van der Waals surface area contributed by atoms with E-state index in [1.807, 2.05) is 13.8 Å². The van der Waals surface area contributed by atoms with Crippen LogP contribution in [0.4, 0.5) is 0 Å². The molecule has 0 saturated carbocycles. The maximum Gasteiger partial charge on any atom is 0.159 e. The highest BCUT2D eigenvalue weighted by atomic mass is 32.2. The number of rotatable bonds is 5. The van der Waals surface area contributed by atoms with Gasteiger partial charge in [-0.1, -0.05) is 6.92 Å². The van der Waals surface area contributed by atoms with E-state index in [0.29, 0.717) is 19.6 Å². The first kappa shape index (κ1) is 12.9. The van der Waals surface area contributed by atoms with Gasteiger partial charge in [-0.2, -0.15) is 0 Å². The van der Waals surface area contributed by atoms with Crippen molar-refractivity contribution in [2.24, 2.45) is 0 Å². The normalized spacial score (nSPS) is 29.3. The number of hydrogen-bond acceptors (Lipinski definition) is 4. The van der Waals surface area contributed by atoms with E-state index < -0.39 is 9.84 Å². The molecule has 1 fully saturated rings. The maximum absolute atomic E-state index is 12.1. The van der Waals surface area contributed by atoms with Crippen LogP contribution in [0.5, 0.6) is 0 Å². The second-order valence-corrected chi connectivity index (χ2v) is 6.70. The minimum atomic E-state index is -3.05. The molecule has 3 atom stereocenters. The predicted molar refractivity (Wildman–Crippen MR) is 60.7 cm³/mol. The summed E-state index contributed by atoms with van der Waals surface area (Å²) in [4.78, 5) is 0. The summed E-state index contributed by atoms with van der Waals surface area (Å²) in [6.07, 6.45) is 0.485. The van der Waals surface area contributed by atoms with Gasteiger partial charge in [0.2, 0.25) is 0 Å². The van der Waals surface area contributed by atoms with Gasteiger partial charge in [0.15, 0.2) is 9.84 Å². The fourth-order valence-electron chi connectivity index (χ4n) is 1.91. The first-order valence-electron chi connectivity index (χ1n) is 5.55. The van der Waals surface area contributed by atoms with Crippen molar-refractivity contribution in [2.45, 2.75) is 43.8 Å². The van der Waals surface area contributed by atoms with Gasteiger partial charge in [0.05, 0.1) is 16.6 Å². The summed E-state index contributed by atoms with van der Waals surface area (Å²) in [6, 6.07) is 0. The van der Waals surface area contributed by atoms with Crippen LogP contribution in [0.3, 0.4) is 0 Å². The third kappa shape index (κ3) is 2.92. The second-order valence-electron chi connectivity index (χ2n) is 4.11. The Morgan fingerprint density at radius 2 is 2.20 bits per heavy atom. The molecule has 5 heteroatoms. The molecule has 0 aromatic heterocycles. The minimum Gasteiger partial charge on any atom is -0.377 e. The Kier molecular flexibility index (Phi) is 4.55. The Labute approximate surface area is 92.3 Å². The lowest BCUT2D eigenvalue weighted by Gasteiger charge is -2.20. The molecule has 0 radical (unpaired) electrons. The summed E-state index contributed by atoms with van der Waals surface area (Å²) in [6.45, 7) is 7.48. The molecule has 90 valence electrons. The van der Waals surface area contributed by atoms with Crippen molar-refractivity contribution >= 4 is 9.84 Å². The third-order valence-corrected chi connectivity index (χ3v) is 5.72. The topological polar surface area (TPSA) is 55.4 Å².